The molecule has 0 unspecified atom stereocenters. The van der Waals surface area contributed by atoms with Gasteiger partial charge >= 0.3 is 0 Å². The van der Waals surface area contributed by atoms with E-state index in [-0.39, 0.29) is 0 Å². The van der Waals surface area contributed by atoms with E-state index in [1.807, 2.05) is 6.07 Å². The van der Waals surface area contributed by atoms with Gasteiger partial charge in [0, 0.05) is 0 Å². The Hall–Kier alpha value is -0.640. The maximum atomic E-state index is 6.02. The molecule has 0 spiro atoms. The van der Waals surface area contributed by atoms with Gasteiger partial charge in [0.25, 0.3) is 0 Å². The third-order valence-corrected chi connectivity index (χ3v) is 2.84. The lowest BCUT2D eigenvalue weighted by molar-refractivity contribution is 0.971. The summed E-state index contributed by atoms with van der Waals surface area (Å²) < 4.78 is 1.08. The van der Waals surface area contributed by atoms with Crippen molar-refractivity contribution in [3.63, 3.8) is 0 Å². The summed E-state index contributed by atoms with van der Waals surface area (Å²) in [5.74, 6) is 0. The molecule has 2 aromatic rings. The molecule has 0 saturated carbocycles. The van der Waals surface area contributed by atoms with E-state index >= 15 is 0 Å². The summed E-state index contributed by atoms with van der Waals surface area (Å²) in [5.41, 5.74) is 10.3. The standard InChI is InChI=1S/C9H8ClN2S/c10-7-3-6(1-2-11)4-8-9(7)12-5-13-8/h3-4H,1-2,11H2. The van der Waals surface area contributed by atoms with Gasteiger partial charge in [-0.2, -0.15) is 0 Å². The number of rotatable bonds is 2. The number of nitrogens with two attached hydrogens (primary N) is 1. The highest BCUT2D eigenvalue weighted by Crippen LogP contribution is 2.26. The zero-order valence-electron chi connectivity index (χ0n) is 6.88. The van der Waals surface area contributed by atoms with Crippen molar-refractivity contribution in [2.75, 3.05) is 6.54 Å². The highest BCUT2D eigenvalue weighted by atomic mass is 35.5. The van der Waals surface area contributed by atoms with Crippen LogP contribution in [0, 0.1) is 5.51 Å². The predicted octanol–water partition coefficient (Wildman–Crippen LogP) is 2.25. The predicted molar refractivity (Wildman–Crippen MR) is 56.2 cm³/mol. The SMILES string of the molecule is NCCc1cc(Cl)c2n[c]sc2c1. The van der Waals surface area contributed by atoms with Crippen molar-refractivity contribution in [2.24, 2.45) is 5.73 Å². The fourth-order valence-corrected chi connectivity index (χ4v) is 2.28. The largest absolute Gasteiger partial charge is 0.330 e. The van der Waals surface area contributed by atoms with Crippen LogP contribution in [0.5, 0.6) is 0 Å². The Kier molecular flexibility index (Phi) is 2.49. The molecule has 0 saturated heterocycles. The van der Waals surface area contributed by atoms with E-state index in [0.717, 1.165) is 22.2 Å². The number of nitrogens with zero attached hydrogens (tertiary/aromatic N) is 1. The number of hydrogen-bond donors (Lipinski definition) is 1. The molecule has 1 aromatic heterocycles. The molecule has 0 aliphatic rings. The Labute approximate surface area is 85.3 Å². The molecule has 1 radical (unpaired) electrons. The average Bonchev–Trinajstić information content (AvgIpc) is 2.53. The lowest BCUT2D eigenvalue weighted by atomic mass is 10.1. The third kappa shape index (κ3) is 1.68. The van der Waals surface area contributed by atoms with Crippen molar-refractivity contribution in [2.45, 2.75) is 6.42 Å². The Bertz CT molecular complexity index is 424. The Morgan fingerprint density at radius 1 is 1.54 bits per heavy atom. The van der Waals surface area contributed by atoms with Gasteiger partial charge in [-0.05, 0) is 30.7 Å². The van der Waals surface area contributed by atoms with Crippen LogP contribution in [-0.2, 0) is 6.42 Å². The van der Waals surface area contributed by atoms with Crippen molar-refractivity contribution >= 4 is 33.2 Å². The molecule has 67 valence electrons. The highest BCUT2D eigenvalue weighted by molar-refractivity contribution is 7.16. The number of aromatic nitrogens is 1. The van der Waals surface area contributed by atoms with Crippen LogP contribution >= 0.6 is 22.9 Å². The number of halogens is 1. The number of fused-ring (bicyclic) bond motifs is 1. The lowest BCUT2D eigenvalue weighted by Gasteiger charge is -1.99. The van der Waals surface area contributed by atoms with E-state index in [9.17, 15) is 0 Å². The maximum Gasteiger partial charge on any atom is 0.153 e. The second-order valence-electron chi connectivity index (χ2n) is 2.77. The normalized spacial score (nSPS) is 10.9. The van der Waals surface area contributed by atoms with Gasteiger partial charge in [0.1, 0.15) is 5.52 Å². The summed E-state index contributed by atoms with van der Waals surface area (Å²) in [6, 6.07) is 3.99. The van der Waals surface area contributed by atoms with Crippen molar-refractivity contribution in [1.29, 1.82) is 0 Å². The second kappa shape index (κ2) is 3.62. The van der Waals surface area contributed by atoms with Crippen molar-refractivity contribution in [3.8, 4) is 0 Å². The zero-order valence-corrected chi connectivity index (χ0v) is 8.45. The second-order valence-corrected chi connectivity index (χ2v) is 4.00. The highest BCUT2D eigenvalue weighted by Gasteiger charge is 2.04. The molecule has 1 aromatic carbocycles. The first-order valence-corrected chi connectivity index (χ1v) is 5.16. The van der Waals surface area contributed by atoms with E-state index < -0.39 is 0 Å². The van der Waals surface area contributed by atoms with Crippen molar-refractivity contribution in [3.05, 3.63) is 28.2 Å². The first-order valence-electron chi connectivity index (χ1n) is 3.96. The molecule has 2 rings (SSSR count). The Balaban J connectivity index is 2.56. The minimum atomic E-state index is 0.643. The monoisotopic (exact) mass is 211 g/mol. The fraction of sp³-hybridized carbons (Fsp3) is 0.222. The van der Waals surface area contributed by atoms with Gasteiger partial charge in [-0.3, -0.25) is 0 Å². The van der Waals surface area contributed by atoms with Crippen LogP contribution in [-0.4, -0.2) is 11.5 Å². The first-order chi connectivity index (χ1) is 6.31. The van der Waals surface area contributed by atoms with Crippen LogP contribution in [0.25, 0.3) is 10.2 Å². The molecule has 2 nitrogen and oxygen atoms in total. The van der Waals surface area contributed by atoms with Gasteiger partial charge < -0.3 is 5.73 Å². The minimum Gasteiger partial charge on any atom is -0.330 e. The Morgan fingerprint density at radius 3 is 3.15 bits per heavy atom. The van der Waals surface area contributed by atoms with Crippen LogP contribution < -0.4 is 5.73 Å². The number of hydrogen-bond acceptors (Lipinski definition) is 3. The number of benzene rings is 1. The average molecular weight is 212 g/mol. The molecule has 0 fully saturated rings. The van der Waals surface area contributed by atoms with Gasteiger partial charge in [-0.25, -0.2) is 4.98 Å². The molecule has 4 heteroatoms. The van der Waals surface area contributed by atoms with E-state index in [4.69, 9.17) is 17.3 Å². The van der Waals surface area contributed by atoms with Gasteiger partial charge in [0.15, 0.2) is 5.51 Å². The molecular formula is C9H8ClN2S. The maximum absolute atomic E-state index is 6.02. The lowest BCUT2D eigenvalue weighted by Crippen LogP contribution is -2.02. The summed E-state index contributed by atoms with van der Waals surface area (Å²) >= 11 is 7.50. The van der Waals surface area contributed by atoms with Crippen LogP contribution in [0.2, 0.25) is 5.02 Å². The van der Waals surface area contributed by atoms with Gasteiger partial charge in [-0.15, -0.1) is 11.3 Å². The van der Waals surface area contributed by atoms with Crippen molar-refractivity contribution < 1.29 is 0 Å². The van der Waals surface area contributed by atoms with E-state index in [2.05, 4.69) is 16.6 Å². The molecule has 13 heavy (non-hydrogen) atoms. The van der Waals surface area contributed by atoms with E-state index in [1.54, 1.807) is 0 Å². The summed E-state index contributed by atoms with van der Waals surface area (Å²) in [6.07, 6.45) is 0.855. The summed E-state index contributed by atoms with van der Waals surface area (Å²) in [7, 11) is 0. The molecule has 1 heterocycles. The molecule has 0 amide bonds. The Morgan fingerprint density at radius 2 is 2.38 bits per heavy atom. The van der Waals surface area contributed by atoms with Gasteiger partial charge in [-0.1, -0.05) is 11.6 Å². The molecular weight excluding hydrogens is 204 g/mol. The topological polar surface area (TPSA) is 38.9 Å². The summed E-state index contributed by atoms with van der Waals surface area (Å²) in [4.78, 5) is 4.05. The quantitative estimate of drug-likeness (QED) is 0.828. The molecule has 0 aliphatic heterocycles. The first kappa shape index (κ1) is 8.94. The smallest absolute Gasteiger partial charge is 0.153 e. The van der Waals surface area contributed by atoms with Crippen LogP contribution in [0.3, 0.4) is 0 Å². The van der Waals surface area contributed by atoms with Crippen molar-refractivity contribution in [1.82, 2.24) is 4.98 Å². The van der Waals surface area contributed by atoms with Crippen LogP contribution in [0.4, 0.5) is 0 Å². The summed E-state index contributed by atoms with van der Waals surface area (Å²) in [6.45, 7) is 0.643. The van der Waals surface area contributed by atoms with E-state index in [0.29, 0.717) is 11.6 Å². The van der Waals surface area contributed by atoms with Gasteiger partial charge in [0.05, 0.1) is 9.72 Å². The van der Waals surface area contributed by atoms with Crippen LogP contribution in [0.1, 0.15) is 5.56 Å². The third-order valence-electron chi connectivity index (χ3n) is 1.83. The van der Waals surface area contributed by atoms with E-state index in [1.165, 1.54) is 11.3 Å². The fourth-order valence-electron chi connectivity index (χ4n) is 1.24. The molecule has 0 aliphatic carbocycles. The molecule has 0 atom stereocenters. The van der Waals surface area contributed by atoms with Gasteiger partial charge in [0.2, 0.25) is 0 Å². The van der Waals surface area contributed by atoms with Crippen LogP contribution in [0.15, 0.2) is 12.1 Å². The zero-order chi connectivity index (χ0) is 9.26. The summed E-state index contributed by atoms with van der Waals surface area (Å²) in [5, 5.41) is 0.693. The number of thiazole rings is 1. The molecule has 2 N–H and O–H groups in total. The minimum absolute atomic E-state index is 0.643. The molecule has 0 bridgehead atoms.